The molecular formula is C31H37As2I2NNiO+. The molecule has 0 aromatic heterocycles. The summed E-state index contributed by atoms with van der Waals surface area (Å²) in [5.74, 6) is 0. The minimum absolute atomic E-state index is 0.790. The van der Waals surface area contributed by atoms with Gasteiger partial charge in [0, 0.05) is 0 Å². The summed E-state index contributed by atoms with van der Waals surface area (Å²) < 4.78 is 11.8. The molecule has 0 spiro atoms. The van der Waals surface area contributed by atoms with Crippen molar-refractivity contribution in [3.8, 4) is 0 Å². The van der Waals surface area contributed by atoms with E-state index in [4.69, 9.17) is 4.74 Å². The molecule has 2 radical (unpaired) electrons. The molecule has 4 rings (SSSR count). The Morgan fingerprint density at radius 2 is 0.842 bits per heavy atom. The Morgan fingerprint density at radius 1 is 0.553 bits per heavy atom. The van der Waals surface area contributed by atoms with Crippen molar-refractivity contribution < 1.29 is 12.8 Å². The Kier molecular flexibility index (Phi) is 16.9. The molecule has 0 heterocycles. The quantitative estimate of drug-likeness (QED) is 0.142. The SMILES string of the molecule is COCCN(CC[AsH](c1ccccc1)c1ccccc1)CC[AsH](c1ccccc1)c1ccccc1.[I][Ni+][I]. The van der Waals surface area contributed by atoms with Crippen LogP contribution in [0.2, 0.25) is 10.4 Å². The van der Waals surface area contributed by atoms with Gasteiger partial charge in [-0.05, 0) is 0 Å². The van der Waals surface area contributed by atoms with Gasteiger partial charge in [-0.15, -0.1) is 0 Å². The van der Waals surface area contributed by atoms with Crippen molar-refractivity contribution in [1.29, 1.82) is 0 Å². The minimum atomic E-state index is -1.61. The number of nitrogens with zero attached hydrogens (tertiary/aromatic N) is 1. The van der Waals surface area contributed by atoms with E-state index in [2.05, 4.69) is 167 Å². The van der Waals surface area contributed by atoms with Crippen LogP contribution in [0.25, 0.3) is 0 Å². The van der Waals surface area contributed by atoms with Gasteiger partial charge in [0.25, 0.3) is 0 Å². The average molecular weight is 902 g/mol. The summed E-state index contributed by atoms with van der Waals surface area (Å²) >= 11 is 1.20. The van der Waals surface area contributed by atoms with Crippen molar-refractivity contribution in [2.24, 2.45) is 0 Å². The fraction of sp³-hybridized carbons (Fsp3) is 0.226. The maximum atomic E-state index is 5.51. The number of hydrogen-bond donors (Lipinski definition) is 0. The number of hydrogen-bond acceptors (Lipinski definition) is 2. The van der Waals surface area contributed by atoms with Gasteiger partial charge in [-0.1, -0.05) is 0 Å². The van der Waals surface area contributed by atoms with Gasteiger partial charge in [-0.3, -0.25) is 0 Å². The fourth-order valence-electron chi connectivity index (χ4n) is 4.56. The summed E-state index contributed by atoms with van der Waals surface area (Å²) in [5.41, 5.74) is 0. The van der Waals surface area contributed by atoms with E-state index in [1.54, 1.807) is 25.5 Å². The predicted octanol–water partition coefficient (Wildman–Crippen LogP) is 4.79. The number of ether oxygens (including phenoxy) is 1. The van der Waals surface area contributed by atoms with Crippen LogP contribution in [0.1, 0.15) is 0 Å². The third-order valence-corrected chi connectivity index (χ3v) is 18.1. The van der Waals surface area contributed by atoms with Crippen molar-refractivity contribution in [3.05, 3.63) is 121 Å². The number of rotatable bonds is 13. The van der Waals surface area contributed by atoms with Crippen LogP contribution in [0.15, 0.2) is 121 Å². The van der Waals surface area contributed by atoms with Crippen molar-refractivity contribution in [1.82, 2.24) is 4.90 Å². The maximum absolute atomic E-state index is 5.51. The summed E-state index contributed by atoms with van der Waals surface area (Å²) in [4.78, 5) is 2.67. The molecule has 7 heteroatoms. The molecule has 2 nitrogen and oxygen atoms in total. The van der Waals surface area contributed by atoms with Crippen LogP contribution in [0, 0.1) is 0 Å². The van der Waals surface area contributed by atoms with Crippen LogP contribution in [-0.4, -0.2) is 67.6 Å². The van der Waals surface area contributed by atoms with Crippen LogP contribution in [0.5, 0.6) is 0 Å². The van der Waals surface area contributed by atoms with Crippen LogP contribution < -0.4 is 17.4 Å². The Balaban J connectivity index is 0.00000127. The second kappa shape index (κ2) is 19.9. The van der Waals surface area contributed by atoms with Crippen molar-refractivity contribution in [3.63, 3.8) is 0 Å². The van der Waals surface area contributed by atoms with E-state index in [1.807, 2.05) is 7.11 Å². The second-order valence-electron chi connectivity index (χ2n) is 8.80. The molecule has 0 aliphatic heterocycles. The summed E-state index contributed by atoms with van der Waals surface area (Å²) in [6.45, 7) is 4.06. The van der Waals surface area contributed by atoms with Crippen LogP contribution in [-0.2, 0) is 12.8 Å². The molecular weight excluding hydrogens is 865 g/mol. The molecule has 205 valence electrons. The van der Waals surface area contributed by atoms with E-state index in [9.17, 15) is 0 Å². The van der Waals surface area contributed by atoms with Gasteiger partial charge in [0.1, 0.15) is 0 Å². The van der Waals surface area contributed by atoms with Gasteiger partial charge < -0.3 is 0 Å². The monoisotopic (exact) mass is 901 g/mol. The molecule has 0 fully saturated rings. The zero-order valence-electron chi connectivity index (χ0n) is 21.7. The van der Waals surface area contributed by atoms with Crippen LogP contribution in [0.3, 0.4) is 0 Å². The molecule has 0 aliphatic carbocycles. The van der Waals surface area contributed by atoms with E-state index < -0.39 is 29.3 Å². The van der Waals surface area contributed by atoms with E-state index in [0.29, 0.717) is 0 Å². The molecule has 0 atom stereocenters. The van der Waals surface area contributed by atoms with Gasteiger partial charge in [0.05, 0.1) is 0 Å². The summed E-state index contributed by atoms with van der Waals surface area (Å²) in [5, 5.41) is 2.54. The van der Waals surface area contributed by atoms with E-state index >= 15 is 0 Å². The third kappa shape index (κ3) is 11.4. The van der Waals surface area contributed by atoms with Gasteiger partial charge >= 0.3 is 270 Å². The van der Waals surface area contributed by atoms with Crippen LogP contribution in [0.4, 0.5) is 0 Å². The molecule has 4 aromatic carbocycles. The third-order valence-electron chi connectivity index (χ3n) is 6.46. The molecule has 0 saturated carbocycles. The topological polar surface area (TPSA) is 12.5 Å². The van der Waals surface area contributed by atoms with E-state index in [0.717, 1.165) is 26.2 Å². The van der Waals surface area contributed by atoms with Crippen molar-refractivity contribution >= 4 is 87.7 Å². The van der Waals surface area contributed by atoms with Crippen molar-refractivity contribution in [2.45, 2.75) is 10.4 Å². The Hall–Kier alpha value is -0.130. The summed E-state index contributed by atoms with van der Waals surface area (Å²) in [7, 11) is 3.38. The van der Waals surface area contributed by atoms with Gasteiger partial charge in [-0.2, -0.15) is 0 Å². The van der Waals surface area contributed by atoms with E-state index in [1.165, 1.54) is 10.4 Å². The Bertz CT molecular complexity index is 962. The normalized spacial score (nSPS) is 11.1. The van der Waals surface area contributed by atoms with Gasteiger partial charge in [0.2, 0.25) is 0 Å². The molecule has 0 saturated heterocycles. The van der Waals surface area contributed by atoms with Crippen LogP contribution >= 0.6 is 41.0 Å². The Labute approximate surface area is 267 Å². The summed E-state index contributed by atoms with van der Waals surface area (Å²) in [6, 6.07) is 44.9. The molecule has 38 heavy (non-hydrogen) atoms. The molecule has 0 aliphatic rings. The van der Waals surface area contributed by atoms with Crippen molar-refractivity contribution in [2.75, 3.05) is 33.4 Å². The first-order valence-electron chi connectivity index (χ1n) is 12.7. The summed E-state index contributed by atoms with van der Waals surface area (Å²) in [6.07, 6.45) is 0. The average Bonchev–Trinajstić information content (AvgIpc) is 2.98. The molecule has 0 N–H and O–H groups in total. The molecule has 4 aromatic rings. The number of benzene rings is 4. The predicted molar refractivity (Wildman–Crippen MR) is 185 cm³/mol. The second-order valence-corrected chi connectivity index (χ2v) is 28.1. The first-order chi connectivity index (χ1) is 18.8. The molecule has 0 bridgehead atoms. The Morgan fingerprint density at radius 3 is 1.11 bits per heavy atom. The van der Waals surface area contributed by atoms with Gasteiger partial charge in [0.15, 0.2) is 0 Å². The van der Waals surface area contributed by atoms with Gasteiger partial charge in [-0.25, -0.2) is 0 Å². The number of halogens is 2. The molecule has 0 amide bonds. The number of methoxy groups -OCH3 is 1. The zero-order chi connectivity index (χ0) is 26.8. The molecule has 0 unspecified atom stereocenters. The first kappa shape index (κ1) is 32.4. The standard InChI is InChI=1S/C31H37As2NO.2HI.Ni/c1-35-27-26-34(24-22-32(28-14-6-2-7-15-28)29-16-8-3-9-17-29)25-23-33(30-18-10-4-11-19-30)31-20-12-5-13-21-31;;;/h2-21,32-33H,22-27H2,1H3;2*1H;/q;;;+3/p-2. The fourth-order valence-corrected chi connectivity index (χ4v) is 15.6. The first-order valence-corrected chi connectivity index (χ1v) is 26.3. The van der Waals surface area contributed by atoms with E-state index in [-0.39, 0.29) is 0 Å². The zero-order valence-corrected chi connectivity index (χ0v) is 31.2.